The van der Waals surface area contributed by atoms with Crippen molar-refractivity contribution in [3.8, 4) is 5.75 Å². The summed E-state index contributed by atoms with van der Waals surface area (Å²) in [5, 5.41) is 0.727. The van der Waals surface area contributed by atoms with E-state index >= 15 is 0 Å². The number of nitrogens with zero attached hydrogens (tertiary/aromatic N) is 2. The number of hydrogen-bond donors (Lipinski definition) is 0. The molecule has 5 nitrogen and oxygen atoms in total. The molecule has 0 N–H and O–H groups in total. The molecule has 0 bridgehead atoms. The summed E-state index contributed by atoms with van der Waals surface area (Å²) in [4.78, 5) is 15.7. The summed E-state index contributed by atoms with van der Waals surface area (Å²) in [5.41, 5.74) is 2.20. The van der Waals surface area contributed by atoms with Gasteiger partial charge in [0, 0.05) is 44.3 Å². The van der Waals surface area contributed by atoms with E-state index in [9.17, 15) is 4.79 Å². The Kier molecular flexibility index (Phi) is 6.72. The Labute approximate surface area is 165 Å². The van der Waals surface area contributed by atoms with Crippen molar-refractivity contribution in [2.24, 2.45) is 0 Å². The molecule has 0 aliphatic carbocycles. The number of carbonyl (C=O) groups excluding carboxylic acids is 1. The van der Waals surface area contributed by atoms with Gasteiger partial charge in [-0.25, -0.2) is 0 Å². The molecule has 144 valence electrons. The van der Waals surface area contributed by atoms with Gasteiger partial charge in [-0.3, -0.25) is 9.69 Å². The zero-order valence-electron chi connectivity index (χ0n) is 15.7. The van der Waals surface area contributed by atoms with E-state index in [1.807, 2.05) is 48.5 Å². The molecule has 1 aliphatic heterocycles. The van der Waals surface area contributed by atoms with Crippen LogP contribution in [0.1, 0.15) is 17.2 Å². The zero-order chi connectivity index (χ0) is 19.2. The molecule has 0 unspecified atom stereocenters. The first kappa shape index (κ1) is 19.7. The van der Waals surface area contributed by atoms with Crippen molar-refractivity contribution >= 4 is 17.5 Å². The number of amides is 1. The minimum atomic E-state index is -0.0565. The fourth-order valence-electron chi connectivity index (χ4n) is 3.01. The maximum absolute atomic E-state index is 11.8. The largest absolute Gasteiger partial charge is 0.483 e. The van der Waals surface area contributed by atoms with E-state index in [4.69, 9.17) is 21.1 Å². The average Bonchev–Trinajstić information content (AvgIpc) is 2.68. The highest BCUT2D eigenvalue weighted by Crippen LogP contribution is 2.26. The molecule has 0 radical (unpaired) electrons. The molecule has 1 heterocycles. The Balaban J connectivity index is 1.64. The van der Waals surface area contributed by atoms with Crippen LogP contribution in [0, 0.1) is 0 Å². The van der Waals surface area contributed by atoms with Gasteiger partial charge in [-0.15, -0.1) is 0 Å². The second kappa shape index (κ2) is 9.22. The van der Waals surface area contributed by atoms with E-state index < -0.39 is 0 Å². The van der Waals surface area contributed by atoms with Gasteiger partial charge < -0.3 is 14.4 Å². The highest BCUT2D eigenvalue weighted by Gasteiger charge is 2.23. The molecule has 0 saturated carbocycles. The van der Waals surface area contributed by atoms with Crippen LogP contribution in [0.4, 0.5) is 0 Å². The van der Waals surface area contributed by atoms with Crippen molar-refractivity contribution in [2.75, 3.05) is 40.4 Å². The number of ether oxygens (including phenoxy) is 2. The van der Waals surface area contributed by atoms with Gasteiger partial charge in [-0.1, -0.05) is 41.9 Å². The number of carbonyl (C=O) groups is 1. The van der Waals surface area contributed by atoms with E-state index in [1.165, 1.54) is 4.90 Å². The minimum absolute atomic E-state index is 0.0272. The van der Waals surface area contributed by atoms with E-state index in [0.717, 1.165) is 41.5 Å². The van der Waals surface area contributed by atoms with Crippen LogP contribution < -0.4 is 4.74 Å². The Morgan fingerprint density at radius 2 is 1.96 bits per heavy atom. The molecule has 6 heteroatoms. The maximum Gasteiger partial charge on any atom is 0.259 e. The van der Waals surface area contributed by atoms with Crippen molar-refractivity contribution in [1.29, 1.82) is 0 Å². The predicted octanol–water partition coefficient (Wildman–Crippen LogP) is 3.38. The van der Waals surface area contributed by atoms with Crippen molar-refractivity contribution in [2.45, 2.75) is 12.6 Å². The number of hydrogen-bond acceptors (Lipinski definition) is 4. The summed E-state index contributed by atoms with van der Waals surface area (Å²) >= 11 is 5.98. The Hall–Kier alpha value is -2.08. The van der Waals surface area contributed by atoms with Crippen LogP contribution in [0.5, 0.6) is 5.75 Å². The van der Waals surface area contributed by atoms with E-state index in [-0.39, 0.29) is 18.6 Å². The van der Waals surface area contributed by atoms with Crippen LogP contribution in [0.15, 0.2) is 48.5 Å². The predicted molar refractivity (Wildman–Crippen MR) is 106 cm³/mol. The minimum Gasteiger partial charge on any atom is -0.483 e. The van der Waals surface area contributed by atoms with Crippen LogP contribution in [0.25, 0.3) is 0 Å². The van der Waals surface area contributed by atoms with Gasteiger partial charge in [0.2, 0.25) is 0 Å². The molecule has 3 rings (SSSR count). The third kappa shape index (κ3) is 5.45. The lowest BCUT2D eigenvalue weighted by Crippen LogP contribution is -2.38. The van der Waals surface area contributed by atoms with E-state index in [2.05, 4.69) is 4.90 Å². The van der Waals surface area contributed by atoms with Crippen LogP contribution in [-0.4, -0.2) is 56.1 Å². The topological polar surface area (TPSA) is 42.0 Å². The van der Waals surface area contributed by atoms with Gasteiger partial charge >= 0.3 is 0 Å². The Bertz CT molecular complexity index is 764. The lowest BCUT2D eigenvalue weighted by atomic mass is 10.1. The third-order valence-corrected chi connectivity index (χ3v) is 4.86. The highest BCUT2D eigenvalue weighted by molar-refractivity contribution is 6.30. The Morgan fingerprint density at radius 3 is 2.70 bits per heavy atom. The molecule has 27 heavy (non-hydrogen) atoms. The third-order valence-electron chi connectivity index (χ3n) is 4.61. The number of morpholine rings is 1. The van der Waals surface area contributed by atoms with Gasteiger partial charge in [0.15, 0.2) is 6.61 Å². The van der Waals surface area contributed by atoms with Gasteiger partial charge in [0.05, 0.1) is 12.7 Å². The standard InChI is InChI=1S/C21H25ClN2O3/c1-23(2)21(25)15-27-19-6-4-3-5-17(19)13-24-11-12-26-20(14-24)16-7-9-18(22)10-8-16/h3-10,20H,11-15H2,1-2H3/t20-/m1/s1. The fraction of sp³-hybridized carbons (Fsp3) is 0.381. The SMILES string of the molecule is CN(C)C(=O)COc1ccccc1CN1CCO[C@@H](c2ccc(Cl)cc2)C1. The van der Waals surface area contributed by atoms with Crippen molar-refractivity contribution in [3.05, 3.63) is 64.7 Å². The summed E-state index contributed by atoms with van der Waals surface area (Å²) in [6.45, 7) is 3.12. The van der Waals surface area contributed by atoms with Crippen molar-refractivity contribution in [1.82, 2.24) is 9.80 Å². The molecule has 2 aromatic carbocycles. The molecule has 1 aliphatic rings. The van der Waals surface area contributed by atoms with Crippen LogP contribution in [0.2, 0.25) is 5.02 Å². The molecule has 1 amide bonds. The highest BCUT2D eigenvalue weighted by atomic mass is 35.5. The molecule has 2 aromatic rings. The lowest BCUT2D eigenvalue weighted by Gasteiger charge is -2.33. The zero-order valence-corrected chi connectivity index (χ0v) is 16.5. The summed E-state index contributed by atoms with van der Waals surface area (Å²) in [5.74, 6) is 0.696. The summed E-state index contributed by atoms with van der Waals surface area (Å²) in [7, 11) is 3.45. The van der Waals surface area contributed by atoms with Crippen molar-refractivity contribution in [3.63, 3.8) is 0 Å². The second-order valence-electron chi connectivity index (χ2n) is 6.83. The number of rotatable bonds is 6. The van der Waals surface area contributed by atoms with Gasteiger partial charge in [-0.05, 0) is 23.8 Å². The van der Waals surface area contributed by atoms with Gasteiger partial charge in [-0.2, -0.15) is 0 Å². The monoisotopic (exact) mass is 388 g/mol. The molecular weight excluding hydrogens is 364 g/mol. The van der Waals surface area contributed by atoms with Crippen LogP contribution >= 0.6 is 11.6 Å². The molecule has 1 atom stereocenters. The number of benzene rings is 2. The first-order valence-electron chi connectivity index (χ1n) is 9.03. The summed E-state index contributed by atoms with van der Waals surface area (Å²) in [6, 6.07) is 15.7. The van der Waals surface area contributed by atoms with E-state index in [0.29, 0.717) is 6.61 Å². The molecule has 1 saturated heterocycles. The smallest absolute Gasteiger partial charge is 0.259 e. The Morgan fingerprint density at radius 1 is 1.22 bits per heavy atom. The number of likely N-dealkylation sites (N-methyl/N-ethyl adjacent to an activating group) is 1. The molecular formula is C21H25ClN2O3. The number of halogens is 1. The molecule has 0 aromatic heterocycles. The quantitative estimate of drug-likeness (QED) is 0.760. The van der Waals surface area contributed by atoms with Crippen LogP contribution in [-0.2, 0) is 16.1 Å². The van der Waals surface area contributed by atoms with E-state index in [1.54, 1.807) is 14.1 Å². The normalized spacial score (nSPS) is 17.5. The van der Waals surface area contributed by atoms with Gasteiger partial charge in [0.25, 0.3) is 5.91 Å². The first-order valence-corrected chi connectivity index (χ1v) is 9.41. The van der Waals surface area contributed by atoms with Gasteiger partial charge in [0.1, 0.15) is 5.75 Å². The molecule has 0 spiro atoms. The maximum atomic E-state index is 11.8. The van der Waals surface area contributed by atoms with Crippen LogP contribution in [0.3, 0.4) is 0 Å². The lowest BCUT2D eigenvalue weighted by molar-refractivity contribution is -0.130. The summed E-state index contributed by atoms with van der Waals surface area (Å²) in [6.07, 6.45) is 0.0272. The fourth-order valence-corrected chi connectivity index (χ4v) is 3.14. The average molecular weight is 389 g/mol. The summed E-state index contributed by atoms with van der Waals surface area (Å²) < 4.78 is 11.7. The second-order valence-corrected chi connectivity index (χ2v) is 7.27. The molecule has 1 fully saturated rings. The van der Waals surface area contributed by atoms with Crippen molar-refractivity contribution < 1.29 is 14.3 Å². The first-order chi connectivity index (χ1) is 13.0. The number of para-hydroxylation sites is 1.